The quantitative estimate of drug-likeness (QED) is 0.491. The molecule has 2 unspecified atom stereocenters. The van der Waals surface area contributed by atoms with Gasteiger partial charge in [-0.15, -0.1) is 0 Å². The average Bonchev–Trinajstić information content (AvgIpc) is 2.83. The van der Waals surface area contributed by atoms with Crippen molar-refractivity contribution in [1.82, 2.24) is 10.2 Å². The van der Waals surface area contributed by atoms with Crippen LogP contribution in [0.2, 0.25) is 0 Å². The average molecular weight is 271 g/mol. The number of esters is 1. The van der Waals surface area contributed by atoms with Crippen LogP contribution >= 0.6 is 0 Å². The van der Waals surface area contributed by atoms with E-state index >= 15 is 0 Å². The van der Waals surface area contributed by atoms with Crippen molar-refractivity contribution in [3.05, 3.63) is 0 Å². The van der Waals surface area contributed by atoms with Gasteiger partial charge in [0.2, 0.25) is 5.91 Å². The highest BCUT2D eigenvalue weighted by molar-refractivity contribution is 5.78. The van der Waals surface area contributed by atoms with Crippen LogP contribution in [0.4, 0.5) is 0 Å². The number of carbonyl (C=O) groups excluding carboxylic acids is 2. The zero-order chi connectivity index (χ0) is 14.3. The van der Waals surface area contributed by atoms with Gasteiger partial charge in [0, 0.05) is 25.6 Å². The van der Waals surface area contributed by atoms with Gasteiger partial charge >= 0.3 is 5.97 Å². The van der Waals surface area contributed by atoms with Gasteiger partial charge in [0.1, 0.15) is 0 Å². The second-order valence-electron chi connectivity index (χ2n) is 5.17. The molecule has 0 radical (unpaired) electrons. The van der Waals surface area contributed by atoms with Crippen LogP contribution in [-0.2, 0) is 14.3 Å². The Kier molecular flexibility index (Phi) is 6.80. The zero-order valence-electron chi connectivity index (χ0n) is 11.9. The van der Waals surface area contributed by atoms with Crippen LogP contribution in [0.5, 0.6) is 0 Å². The van der Waals surface area contributed by atoms with Gasteiger partial charge in [0.25, 0.3) is 0 Å². The molecule has 0 aromatic heterocycles. The summed E-state index contributed by atoms with van der Waals surface area (Å²) in [5, 5.41) is 2.81. The van der Waals surface area contributed by atoms with Crippen molar-refractivity contribution < 1.29 is 14.3 Å². The summed E-state index contributed by atoms with van der Waals surface area (Å²) in [5.41, 5.74) is 5.86. The van der Waals surface area contributed by atoms with Gasteiger partial charge < -0.3 is 15.8 Å². The Bertz CT molecular complexity index is 308. The number of methoxy groups -OCH3 is 1. The first kappa shape index (κ1) is 15.9. The Hall–Kier alpha value is -1.14. The van der Waals surface area contributed by atoms with Crippen molar-refractivity contribution in [3.8, 4) is 0 Å². The molecule has 1 aliphatic rings. The van der Waals surface area contributed by atoms with E-state index in [0.29, 0.717) is 31.8 Å². The molecular formula is C13H25N3O3. The van der Waals surface area contributed by atoms with Crippen LogP contribution in [-0.4, -0.2) is 56.1 Å². The SMILES string of the molecule is COC(=O)CCCNC(=O)CN1CCC(C(C)N)C1. The van der Waals surface area contributed by atoms with Crippen LogP contribution in [0, 0.1) is 5.92 Å². The van der Waals surface area contributed by atoms with Crippen LogP contribution in [0.3, 0.4) is 0 Å². The number of hydrogen-bond donors (Lipinski definition) is 2. The highest BCUT2D eigenvalue weighted by atomic mass is 16.5. The van der Waals surface area contributed by atoms with Crippen LogP contribution in [0.1, 0.15) is 26.2 Å². The second kappa shape index (κ2) is 8.12. The smallest absolute Gasteiger partial charge is 0.305 e. The van der Waals surface area contributed by atoms with E-state index in [9.17, 15) is 9.59 Å². The number of nitrogens with two attached hydrogens (primary N) is 1. The minimum absolute atomic E-state index is 0.00944. The summed E-state index contributed by atoms with van der Waals surface area (Å²) in [4.78, 5) is 24.7. The van der Waals surface area contributed by atoms with E-state index in [2.05, 4.69) is 15.0 Å². The van der Waals surface area contributed by atoms with Crippen LogP contribution < -0.4 is 11.1 Å². The molecule has 0 bridgehead atoms. The molecule has 3 N–H and O–H groups in total. The fourth-order valence-corrected chi connectivity index (χ4v) is 2.26. The monoisotopic (exact) mass is 271 g/mol. The highest BCUT2D eigenvalue weighted by Gasteiger charge is 2.26. The molecule has 0 spiro atoms. The van der Waals surface area contributed by atoms with Gasteiger partial charge in [0.05, 0.1) is 13.7 Å². The van der Waals surface area contributed by atoms with Crippen molar-refractivity contribution in [2.75, 3.05) is 33.3 Å². The van der Waals surface area contributed by atoms with E-state index in [4.69, 9.17) is 5.73 Å². The summed E-state index contributed by atoms with van der Waals surface area (Å²) < 4.78 is 4.53. The molecule has 6 nitrogen and oxygen atoms in total. The lowest BCUT2D eigenvalue weighted by molar-refractivity contribution is -0.140. The molecule has 6 heteroatoms. The van der Waals surface area contributed by atoms with Crippen molar-refractivity contribution in [2.24, 2.45) is 11.7 Å². The van der Waals surface area contributed by atoms with E-state index in [1.54, 1.807) is 0 Å². The van der Waals surface area contributed by atoms with E-state index < -0.39 is 0 Å². The molecule has 1 heterocycles. The Balaban J connectivity index is 2.10. The molecule has 1 fully saturated rings. The third-order valence-electron chi connectivity index (χ3n) is 3.53. The van der Waals surface area contributed by atoms with Gasteiger partial charge in [-0.05, 0) is 32.2 Å². The maximum atomic E-state index is 11.7. The summed E-state index contributed by atoms with van der Waals surface area (Å²) in [6, 6.07) is 0.188. The molecule has 1 rings (SSSR count). The molecule has 0 saturated carbocycles. The Labute approximate surface area is 114 Å². The topological polar surface area (TPSA) is 84.7 Å². The highest BCUT2D eigenvalue weighted by Crippen LogP contribution is 2.17. The van der Waals surface area contributed by atoms with E-state index in [1.165, 1.54) is 7.11 Å². The lowest BCUT2D eigenvalue weighted by Gasteiger charge is -2.17. The molecule has 0 aromatic rings. The molecule has 1 aliphatic heterocycles. The predicted molar refractivity (Wildman–Crippen MR) is 72.5 cm³/mol. The number of rotatable bonds is 7. The summed E-state index contributed by atoms with van der Waals surface area (Å²) in [6.07, 6.45) is 2.02. The van der Waals surface area contributed by atoms with Gasteiger partial charge in [0.15, 0.2) is 0 Å². The maximum Gasteiger partial charge on any atom is 0.305 e. The Morgan fingerprint density at radius 1 is 1.53 bits per heavy atom. The minimum Gasteiger partial charge on any atom is -0.469 e. The van der Waals surface area contributed by atoms with Gasteiger partial charge in [-0.1, -0.05) is 0 Å². The minimum atomic E-state index is -0.242. The third kappa shape index (κ3) is 6.02. The van der Waals surface area contributed by atoms with E-state index in [1.807, 2.05) is 6.92 Å². The zero-order valence-corrected chi connectivity index (χ0v) is 11.9. The summed E-state index contributed by atoms with van der Waals surface area (Å²) in [6.45, 7) is 4.77. The van der Waals surface area contributed by atoms with Gasteiger partial charge in [-0.25, -0.2) is 0 Å². The number of ether oxygens (including phenoxy) is 1. The standard InChI is InChI=1S/C13H25N3O3/c1-10(14)11-5-7-16(8-11)9-12(17)15-6-3-4-13(18)19-2/h10-11H,3-9,14H2,1-2H3,(H,15,17). The van der Waals surface area contributed by atoms with Crippen molar-refractivity contribution in [1.29, 1.82) is 0 Å². The summed E-state index contributed by atoms with van der Waals surface area (Å²) in [7, 11) is 1.36. The first-order valence-corrected chi connectivity index (χ1v) is 6.84. The molecule has 1 amide bonds. The van der Waals surface area contributed by atoms with Crippen LogP contribution in [0.15, 0.2) is 0 Å². The maximum absolute atomic E-state index is 11.7. The van der Waals surface area contributed by atoms with Crippen LogP contribution in [0.25, 0.3) is 0 Å². The first-order chi connectivity index (χ1) is 9.02. The summed E-state index contributed by atoms with van der Waals surface area (Å²) in [5.74, 6) is 0.260. The first-order valence-electron chi connectivity index (χ1n) is 6.84. The van der Waals surface area contributed by atoms with E-state index in [-0.39, 0.29) is 17.9 Å². The molecular weight excluding hydrogens is 246 g/mol. The lowest BCUT2D eigenvalue weighted by Crippen LogP contribution is -2.37. The van der Waals surface area contributed by atoms with Gasteiger partial charge in [-0.2, -0.15) is 0 Å². The second-order valence-corrected chi connectivity index (χ2v) is 5.17. The molecule has 0 aliphatic carbocycles. The van der Waals surface area contributed by atoms with Crippen molar-refractivity contribution in [2.45, 2.75) is 32.2 Å². The Morgan fingerprint density at radius 2 is 2.26 bits per heavy atom. The van der Waals surface area contributed by atoms with E-state index in [0.717, 1.165) is 19.5 Å². The predicted octanol–water partition coefficient (Wildman–Crippen LogP) is -0.275. The number of nitrogens with one attached hydrogen (secondary N) is 1. The number of likely N-dealkylation sites (tertiary alicyclic amines) is 1. The fraction of sp³-hybridized carbons (Fsp3) is 0.846. The number of carbonyl (C=O) groups is 2. The lowest BCUT2D eigenvalue weighted by atomic mass is 10.0. The fourth-order valence-electron chi connectivity index (χ4n) is 2.26. The van der Waals surface area contributed by atoms with Gasteiger partial charge in [-0.3, -0.25) is 14.5 Å². The normalized spacial score (nSPS) is 21.1. The number of nitrogens with zero attached hydrogens (tertiary/aromatic N) is 1. The molecule has 1 saturated heterocycles. The number of hydrogen-bond acceptors (Lipinski definition) is 5. The Morgan fingerprint density at radius 3 is 2.84 bits per heavy atom. The van der Waals surface area contributed by atoms with Crippen molar-refractivity contribution in [3.63, 3.8) is 0 Å². The van der Waals surface area contributed by atoms with Crippen molar-refractivity contribution >= 4 is 11.9 Å². The molecule has 110 valence electrons. The molecule has 0 aromatic carbocycles. The molecule has 19 heavy (non-hydrogen) atoms. The third-order valence-corrected chi connectivity index (χ3v) is 3.53. The number of amides is 1. The molecule has 2 atom stereocenters. The largest absolute Gasteiger partial charge is 0.469 e. The summed E-state index contributed by atoms with van der Waals surface area (Å²) >= 11 is 0.